The van der Waals surface area contributed by atoms with Crippen LogP contribution in [0.4, 0.5) is 10.1 Å². The molecule has 0 aliphatic carbocycles. The molecule has 0 saturated heterocycles. The van der Waals surface area contributed by atoms with Gasteiger partial charge in [0.15, 0.2) is 0 Å². The summed E-state index contributed by atoms with van der Waals surface area (Å²) in [4.78, 5) is 26.0. The molecule has 0 spiro atoms. The number of hydrogen-bond donors (Lipinski definition) is 2. The Kier molecular flexibility index (Phi) is 4.61. The molecule has 1 amide bonds. The Hall–Kier alpha value is -2.76. The van der Waals surface area contributed by atoms with E-state index in [0.29, 0.717) is 12.1 Å². The SMILES string of the molecule is O=C(O)CCc1ccc(NC(=O)c2ccc(F)cn2)cc1. The first-order valence-electron chi connectivity index (χ1n) is 6.28. The van der Waals surface area contributed by atoms with Crippen LogP contribution in [-0.4, -0.2) is 22.0 Å². The van der Waals surface area contributed by atoms with Gasteiger partial charge in [0.1, 0.15) is 11.5 Å². The first kappa shape index (κ1) is 14.6. The number of pyridine rings is 1. The molecule has 0 unspecified atom stereocenters. The molecule has 0 bridgehead atoms. The summed E-state index contributed by atoms with van der Waals surface area (Å²) in [5.41, 5.74) is 1.55. The van der Waals surface area contributed by atoms with Gasteiger partial charge < -0.3 is 10.4 Å². The number of amides is 1. The van der Waals surface area contributed by atoms with Crippen LogP contribution < -0.4 is 5.32 Å². The van der Waals surface area contributed by atoms with Gasteiger partial charge in [-0.05, 0) is 36.2 Å². The van der Waals surface area contributed by atoms with E-state index in [9.17, 15) is 14.0 Å². The van der Waals surface area contributed by atoms with Crippen molar-refractivity contribution >= 4 is 17.6 Å². The van der Waals surface area contributed by atoms with Crippen molar-refractivity contribution in [1.82, 2.24) is 4.98 Å². The largest absolute Gasteiger partial charge is 0.481 e. The quantitative estimate of drug-likeness (QED) is 0.886. The highest BCUT2D eigenvalue weighted by molar-refractivity contribution is 6.02. The monoisotopic (exact) mass is 288 g/mol. The van der Waals surface area contributed by atoms with Crippen LogP contribution in [0.3, 0.4) is 0 Å². The number of rotatable bonds is 5. The fourth-order valence-electron chi connectivity index (χ4n) is 1.71. The van der Waals surface area contributed by atoms with Gasteiger partial charge in [-0.3, -0.25) is 9.59 Å². The van der Waals surface area contributed by atoms with Gasteiger partial charge in [-0.2, -0.15) is 0 Å². The number of benzene rings is 1. The van der Waals surface area contributed by atoms with Crippen LogP contribution in [-0.2, 0) is 11.2 Å². The van der Waals surface area contributed by atoms with Crippen molar-refractivity contribution in [3.8, 4) is 0 Å². The molecular weight excluding hydrogens is 275 g/mol. The second-order valence-corrected chi connectivity index (χ2v) is 4.41. The molecule has 0 aliphatic rings. The first-order valence-corrected chi connectivity index (χ1v) is 6.28. The van der Waals surface area contributed by atoms with Crippen LogP contribution in [0, 0.1) is 5.82 Å². The molecule has 21 heavy (non-hydrogen) atoms. The van der Waals surface area contributed by atoms with Gasteiger partial charge >= 0.3 is 5.97 Å². The van der Waals surface area contributed by atoms with Crippen molar-refractivity contribution in [1.29, 1.82) is 0 Å². The summed E-state index contributed by atoms with van der Waals surface area (Å²) in [5.74, 6) is -1.79. The van der Waals surface area contributed by atoms with E-state index >= 15 is 0 Å². The van der Waals surface area contributed by atoms with E-state index in [1.165, 1.54) is 6.07 Å². The summed E-state index contributed by atoms with van der Waals surface area (Å²) >= 11 is 0. The minimum absolute atomic E-state index is 0.0607. The number of carbonyl (C=O) groups excluding carboxylic acids is 1. The zero-order chi connectivity index (χ0) is 15.2. The van der Waals surface area contributed by atoms with Crippen LogP contribution in [0.5, 0.6) is 0 Å². The number of hydrogen-bond acceptors (Lipinski definition) is 3. The molecule has 5 nitrogen and oxygen atoms in total. The fraction of sp³-hybridized carbons (Fsp3) is 0.133. The lowest BCUT2D eigenvalue weighted by molar-refractivity contribution is -0.136. The second-order valence-electron chi connectivity index (χ2n) is 4.41. The molecule has 1 aromatic heterocycles. The molecule has 1 aromatic carbocycles. The number of aromatic nitrogens is 1. The van der Waals surface area contributed by atoms with E-state index in [4.69, 9.17) is 5.11 Å². The summed E-state index contributed by atoms with van der Waals surface area (Å²) in [7, 11) is 0. The van der Waals surface area contributed by atoms with Crippen LogP contribution in [0.15, 0.2) is 42.6 Å². The maximum absolute atomic E-state index is 12.7. The van der Waals surface area contributed by atoms with Gasteiger partial charge in [-0.25, -0.2) is 9.37 Å². The van der Waals surface area contributed by atoms with Gasteiger partial charge in [0, 0.05) is 12.1 Å². The third-order valence-corrected chi connectivity index (χ3v) is 2.80. The summed E-state index contributed by atoms with van der Waals surface area (Å²) in [6.07, 6.45) is 1.47. The number of anilines is 1. The Balaban J connectivity index is 1.98. The van der Waals surface area contributed by atoms with Crippen molar-refractivity contribution in [3.63, 3.8) is 0 Å². The summed E-state index contributed by atoms with van der Waals surface area (Å²) in [5, 5.41) is 11.2. The molecule has 6 heteroatoms. The van der Waals surface area contributed by atoms with Gasteiger partial charge in [0.05, 0.1) is 6.20 Å². The second kappa shape index (κ2) is 6.60. The Morgan fingerprint density at radius 3 is 2.43 bits per heavy atom. The van der Waals surface area contributed by atoms with Crippen LogP contribution in [0.25, 0.3) is 0 Å². The molecule has 108 valence electrons. The number of nitrogens with one attached hydrogen (secondary N) is 1. The fourth-order valence-corrected chi connectivity index (χ4v) is 1.71. The Labute approximate surface area is 120 Å². The standard InChI is InChI=1S/C15H13FN2O3/c16-11-4-7-13(17-9-11)15(21)18-12-5-1-10(2-6-12)3-8-14(19)20/h1-2,4-7,9H,3,8H2,(H,18,21)(H,19,20). The van der Waals surface area contributed by atoms with E-state index in [-0.39, 0.29) is 12.1 Å². The summed E-state index contributed by atoms with van der Waals surface area (Å²) in [6, 6.07) is 9.31. The summed E-state index contributed by atoms with van der Waals surface area (Å²) < 4.78 is 12.7. The number of aryl methyl sites for hydroxylation is 1. The number of aliphatic carboxylic acids is 1. The maximum Gasteiger partial charge on any atom is 0.303 e. The molecule has 0 atom stereocenters. The average molecular weight is 288 g/mol. The lowest BCUT2D eigenvalue weighted by Gasteiger charge is -2.06. The van der Waals surface area contributed by atoms with Crippen molar-refractivity contribution < 1.29 is 19.1 Å². The van der Waals surface area contributed by atoms with E-state index < -0.39 is 17.7 Å². The molecular formula is C15H13FN2O3. The zero-order valence-corrected chi connectivity index (χ0v) is 11.0. The lowest BCUT2D eigenvalue weighted by atomic mass is 10.1. The Morgan fingerprint density at radius 1 is 1.14 bits per heavy atom. The Morgan fingerprint density at radius 2 is 1.86 bits per heavy atom. The molecule has 2 aromatic rings. The van der Waals surface area contributed by atoms with Crippen molar-refractivity contribution in [2.45, 2.75) is 12.8 Å². The number of carboxylic acids is 1. The topological polar surface area (TPSA) is 79.3 Å². The van der Waals surface area contributed by atoms with Gasteiger partial charge in [-0.1, -0.05) is 12.1 Å². The molecule has 2 rings (SSSR count). The highest BCUT2D eigenvalue weighted by atomic mass is 19.1. The van der Waals surface area contributed by atoms with E-state index in [0.717, 1.165) is 17.8 Å². The van der Waals surface area contributed by atoms with Gasteiger partial charge in [0.2, 0.25) is 0 Å². The predicted octanol–water partition coefficient (Wildman–Crippen LogP) is 2.49. The van der Waals surface area contributed by atoms with Crippen molar-refractivity contribution in [2.75, 3.05) is 5.32 Å². The predicted molar refractivity (Wildman–Crippen MR) is 74.5 cm³/mol. The molecule has 1 heterocycles. The third-order valence-electron chi connectivity index (χ3n) is 2.80. The molecule has 0 aliphatic heterocycles. The van der Waals surface area contributed by atoms with Gasteiger partial charge in [0.25, 0.3) is 5.91 Å². The highest BCUT2D eigenvalue weighted by Crippen LogP contribution is 2.12. The number of nitrogens with zero attached hydrogens (tertiary/aromatic N) is 1. The van der Waals surface area contributed by atoms with Crippen LogP contribution in [0.1, 0.15) is 22.5 Å². The number of halogens is 1. The number of carboxylic acid groups (broad SMARTS) is 1. The maximum atomic E-state index is 12.7. The minimum atomic E-state index is -0.852. The number of carbonyl (C=O) groups is 2. The Bertz CT molecular complexity index is 639. The van der Waals surface area contributed by atoms with Crippen LogP contribution in [0.2, 0.25) is 0 Å². The lowest BCUT2D eigenvalue weighted by Crippen LogP contribution is -2.13. The zero-order valence-electron chi connectivity index (χ0n) is 11.0. The molecule has 2 N–H and O–H groups in total. The molecule has 0 saturated carbocycles. The van der Waals surface area contributed by atoms with Crippen molar-refractivity contribution in [2.24, 2.45) is 0 Å². The average Bonchev–Trinajstić information content (AvgIpc) is 2.47. The normalized spacial score (nSPS) is 10.1. The highest BCUT2D eigenvalue weighted by Gasteiger charge is 2.07. The van der Waals surface area contributed by atoms with Crippen LogP contribution >= 0.6 is 0 Å². The van der Waals surface area contributed by atoms with E-state index in [2.05, 4.69) is 10.3 Å². The van der Waals surface area contributed by atoms with E-state index in [1.54, 1.807) is 24.3 Å². The van der Waals surface area contributed by atoms with E-state index in [1.807, 2.05) is 0 Å². The van der Waals surface area contributed by atoms with Gasteiger partial charge in [-0.15, -0.1) is 0 Å². The first-order chi connectivity index (χ1) is 10.0. The molecule has 0 fully saturated rings. The summed E-state index contributed by atoms with van der Waals surface area (Å²) in [6.45, 7) is 0. The molecule has 0 radical (unpaired) electrons. The third kappa shape index (κ3) is 4.38. The van der Waals surface area contributed by atoms with Crippen molar-refractivity contribution in [3.05, 3.63) is 59.7 Å². The smallest absolute Gasteiger partial charge is 0.303 e. The minimum Gasteiger partial charge on any atom is -0.481 e.